The van der Waals surface area contributed by atoms with E-state index in [-0.39, 0.29) is 53.8 Å². The zero-order valence-corrected chi connectivity index (χ0v) is 34.7. The Kier molecular flexibility index (Phi) is 17.0. The SMILES string of the molecule is CC[C@H]1OC(=O)[C@H](C)[C@@H](O[C@H]2C[C@@](C)(OC)[C@@H](O)[C@H](C)O2)[C@@H](C)[C@@H](O[C@@H]2O[C@H](C)C[C@H](N(C)C)[C@H]2O)[C@](C)(O)C[C@@H](C)C(=O)[C@H](C)[C@H](O)[C@]1(C)O.[Ag]. The molecule has 0 saturated carbocycles. The molecule has 0 aromatic rings. The third-order valence-corrected chi connectivity index (χ3v) is 11.8. The summed E-state index contributed by atoms with van der Waals surface area (Å²) in [5.41, 5.74) is -4.84. The van der Waals surface area contributed by atoms with Gasteiger partial charge in [0.1, 0.15) is 29.7 Å². The molecule has 0 aromatic carbocycles. The van der Waals surface area contributed by atoms with E-state index in [4.69, 9.17) is 28.4 Å². The van der Waals surface area contributed by atoms with Crippen molar-refractivity contribution in [3.8, 4) is 0 Å². The van der Waals surface area contributed by atoms with E-state index in [9.17, 15) is 35.1 Å². The van der Waals surface area contributed by atoms with Gasteiger partial charge < -0.3 is 58.9 Å². The first-order chi connectivity index (χ1) is 23.4. The van der Waals surface area contributed by atoms with Gasteiger partial charge in [-0.1, -0.05) is 27.7 Å². The third kappa shape index (κ3) is 10.2. The summed E-state index contributed by atoms with van der Waals surface area (Å²) in [5, 5.41) is 57.6. The Bertz CT molecular complexity index is 1170. The topological polar surface area (TPSA) is 194 Å². The molecule has 3 saturated heterocycles. The van der Waals surface area contributed by atoms with Gasteiger partial charge in [-0.15, -0.1) is 0 Å². The number of likely N-dealkylation sites (N-methyl/N-ethyl adjacent to an activating group) is 1. The van der Waals surface area contributed by atoms with Crippen molar-refractivity contribution in [3.63, 3.8) is 0 Å². The van der Waals surface area contributed by atoms with Crippen LogP contribution in [0, 0.1) is 23.7 Å². The molecule has 309 valence electrons. The third-order valence-electron chi connectivity index (χ3n) is 11.8. The first-order valence-corrected chi connectivity index (χ1v) is 18.5. The predicted octanol–water partition coefficient (Wildman–Crippen LogP) is 1.78. The molecule has 3 fully saturated rings. The number of cyclic esters (lactones) is 1. The van der Waals surface area contributed by atoms with Gasteiger partial charge in [0.15, 0.2) is 12.6 Å². The standard InChI is InChI=1S/C37H67NO13.Ag/c1-14-25-37(10,45)30(41)20(4)27(39)18(2)16-35(8,44)32(51-34-28(40)24(38(11)12)15-19(3)47-34)21(5)29(22(6)33(43)49-25)50-26-17-36(9,46-13)31(42)23(7)48-26;/h18-26,28-32,34,40-42,44-45H,14-17H2,1-13H3;/t18-,19-,20+,21-,22-,23+,24+,25-,26+,28-,29+,30+,31+,32-,34+,35-,36-,37-;/m1./s1. The minimum absolute atomic E-state index is 0. The van der Waals surface area contributed by atoms with Gasteiger partial charge in [-0.3, -0.25) is 9.59 Å². The smallest absolute Gasteiger partial charge is 0.311 e. The van der Waals surface area contributed by atoms with Gasteiger partial charge in [0.2, 0.25) is 0 Å². The number of rotatable bonds is 7. The number of ether oxygens (including phenoxy) is 6. The molecule has 15 heteroatoms. The van der Waals surface area contributed by atoms with Crippen LogP contribution in [0.1, 0.15) is 94.9 Å². The van der Waals surface area contributed by atoms with E-state index >= 15 is 0 Å². The van der Waals surface area contributed by atoms with E-state index < -0.39 is 108 Å². The maximum absolute atomic E-state index is 14.1. The quantitative estimate of drug-likeness (QED) is 0.184. The Hall–Kier alpha value is -0.560. The maximum atomic E-state index is 14.1. The minimum atomic E-state index is -1.99. The molecule has 0 aromatic heterocycles. The van der Waals surface area contributed by atoms with Crippen LogP contribution < -0.4 is 0 Å². The Morgan fingerprint density at radius 3 is 2.02 bits per heavy atom. The monoisotopic (exact) mass is 840 g/mol. The van der Waals surface area contributed by atoms with Crippen LogP contribution >= 0.6 is 0 Å². The van der Waals surface area contributed by atoms with Crippen molar-refractivity contribution in [2.75, 3.05) is 21.2 Å². The molecule has 3 aliphatic heterocycles. The summed E-state index contributed by atoms with van der Waals surface area (Å²) < 4.78 is 37.1. The van der Waals surface area contributed by atoms with Gasteiger partial charge in [-0.2, -0.15) is 0 Å². The second kappa shape index (κ2) is 18.6. The number of nitrogens with zero attached hydrogens (tertiary/aromatic N) is 1. The molecule has 3 aliphatic rings. The summed E-state index contributed by atoms with van der Waals surface area (Å²) >= 11 is 0. The summed E-state index contributed by atoms with van der Waals surface area (Å²) in [6.45, 7) is 16.3. The van der Waals surface area contributed by atoms with Crippen LogP contribution in [-0.4, -0.2) is 148 Å². The van der Waals surface area contributed by atoms with Gasteiger partial charge >= 0.3 is 5.97 Å². The molecule has 18 atom stereocenters. The number of hydrogen-bond donors (Lipinski definition) is 5. The summed E-state index contributed by atoms with van der Waals surface area (Å²) in [5.74, 6) is -4.98. The number of aliphatic hydroxyl groups excluding tert-OH is 3. The molecule has 5 N–H and O–H groups in total. The van der Waals surface area contributed by atoms with Gasteiger partial charge in [0.05, 0.1) is 47.6 Å². The Labute approximate surface area is 325 Å². The van der Waals surface area contributed by atoms with E-state index in [1.165, 1.54) is 27.9 Å². The molecule has 3 heterocycles. The summed E-state index contributed by atoms with van der Waals surface area (Å²) in [6.07, 6.45) is -9.71. The first-order valence-electron chi connectivity index (χ1n) is 18.5. The summed E-state index contributed by atoms with van der Waals surface area (Å²) in [4.78, 5) is 29.8. The summed E-state index contributed by atoms with van der Waals surface area (Å²) in [6, 6.07) is -0.324. The molecular weight excluding hydrogens is 774 g/mol. The van der Waals surface area contributed by atoms with Crippen LogP contribution in [-0.2, 0) is 60.4 Å². The van der Waals surface area contributed by atoms with Crippen molar-refractivity contribution < 1.29 is 85.9 Å². The Morgan fingerprint density at radius 1 is 0.885 bits per heavy atom. The second-order valence-corrected chi connectivity index (χ2v) is 16.5. The molecule has 0 bridgehead atoms. The predicted molar refractivity (Wildman–Crippen MR) is 186 cm³/mol. The molecule has 3 rings (SSSR count). The van der Waals surface area contributed by atoms with E-state index in [0.717, 1.165) is 0 Å². The molecule has 0 amide bonds. The van der Waals surface area contributed by atoms with Gasteiger partial charge in [-0.05, 0) is 74.9 Å². The fourth-order valence-electron chi connectivity index (χ4n) is 8.41. The average Bonchev–Trinajstić information content (AvgIpc) is 3.05. The van der Waals surface area contributed by atoms with Gasteiger partial charge in [0, 0.05) is 59.7 Å². The summed E-state index contributed by atoms with van der Waals surface area (Å²) in [7, 11) is 5.18. The zero-order chi connectivity index (χ0) is 39.0. The zero-order valence-electron chi connectivity index (χ0n) is 33.2. The Balaban J connectivity index is 0.00000936. The van der Waals surface area contributed by atoms with Crippen molar-refractivity contribution in [2.24, 2.45) is 23.7 Å². The number of hydrogen-bond acceptors (Lipinski definition) is 14. The van der Waals surface area contributed by atoms with E-state index in [0.29, 0.717) is 6.42 Å². The number of ketones is 1. The van der Waals surface area contributed by atoms with Crippen LogP contribution in [0.3, 0.4) is 0 Å². The molecule has 52 heavy (non-hydrogen) atoms. The number of carbonyl (C=O) groups excluding carboxylic acids is 2. The minimum Gasteiger partial charge on any atom is -0.459 e. The first kappa shape index (κ1) is 47.6. The maximum Gasteiger partial charge on any atom is 0.311 e. The van der Waals surface area contributed by atoms with E-state index in [2.05, 4.69) is 0 Å². The van der Waals surface area contributed by atoms with Crippen LogP contribution in [0.25, 0.3) is 0 Å². The van der Waals surface area contributed by atoms with Crippen LogP contribution in [0.5, 0.6) is 0 Å². The van der Waals surface area contributed by atoms with Crippen molar-refractivity contribution in [3.05, 3.63) is 0 Å². The number of esters is 1. The van der Waals surface area contributed by atoms with E-state index in [1.807, 2.05) is 25.9 Å². The average molecular weight is 842 g/mol. The van der Waals surface area contributed by atoms with Crippen molar-refractivity contribution in [1.82, 2.24) is 4.90 Å². The van der Waals surface area contributed by atoms with Gasteiger partial charge in [0.25, 0.3) is 0 Å². The largest absolute Gasteiger partial charge is 0.459 e. The normalized spacial score (nSPS) is 48.8. The van der Waals surface area contributed by atoms with Gasteiger partial charge in [-0.25, -0.2) is 0 Å². The number of carbonyl (C=O) groups is 2. The van der Waals surface area contributed by atoms with Crippen molar-refractivity contribution >= 4 is 11.8 Å². The second-order valence-electron chi connectivity index (χ2n) is 16.5. The van der Waals surface area contributed by atoms with Crippen LogP contribution in [0.2, 0.25) is 0 Å². The number of aliphatic hydroxyl groups is 5. The van der Waals surface area contributed by atoms with Crippen molar-refractivity contribution in [1.29, 1.82) is 0 Å². The Morgan fingerprint density at radius 2 is 1.48 bits per heavy atom. The molecule has 14 nitrogen and oxygen atoms in total. The molecule has 0 unspecified atom stereocenters. The number of methoxy groups -OCH3 is 1. The molecule has 0 aliphatic carbocycles. The fourth-order valence-corrected chi connectivity index (χ4v) is 8.41. The van der Waals surface area contributed by atoms with E-state index in [1.54, 1.807) is 41.5 Å². The number of Topliss-reactive ketones (excluding diaryl/α,β-unsaturated/α-hetero) is 1. The molecule has 0 spiro atoms. The van der Waals surface area contributed by atoms with Crippen LogP contribution in [0.4, 0.5) is 0 Å². The fraction of sp³-hybridized carbons (Fsp3) is 0.946. The van der Waals surface area contributed by atoms with Crippen LogP contribution in [0.15, 0.2) is 0 Å². The molecule has 1 radical (unpaired) electrons. The molecular formula is C37H67AgNO13. The van der Waals surface area contributed by atoms with Crippen molar-refractivity contribution in [2.45, 2.75) is 179 Å².